The maximum Gasteiger partial charge on any atom is 0.0609 e. The van der Waals surface area contributed by atoms with Crippen molar-refractivity contribution in [3.8, 4) is 0 Å². The van der Waals surface area contributed by atoms with Gasteiger partial charge in [-0.3, -0.25) is 0 Å². The van der Waals surface area contributed by atoms with E-state index in [1.54, 1.807) is 0 Å². The predicted molar refractivity (Wildman–Crippen MR) is 54.6 cm³/mol. The Morgan fingerprint density at radius 3 is 2.08 bits per heavy atom. The quantitative estimate of drug-likeness (QED) is 0.700. The molecule has 0 spiro atoms. The average Bonchev–Trinajstić information content (AvgIpc) is 1.81. The number of hydrogen-bond donors (Lipinski definition) is 2. The lowest BCUT2D eigenvalue weighted by atomic mass is 9.97. The lowest BCUT2D eigenvalue weighted by Gasteiger charge is -2.30. The summed E-state index contributed by atoms with van der Waals surface area (Å²) in [7, 11) is 0. The number of aliphatic hydroxyl groups excluding tert-OH is 1. The van der Waals surface area contributed by atoms with Gasteiger partial charge in [-0.1, -0.05) is 0 Å². The summed E-state index contributed by atoms with van der Waals surface area (Å²) in [6.07, 6.45) is 0.739. The fourth-order valence-electron chi connectivity index (χ4n) is 1.37. The van der Waals surface area contributed by atoms with Gasteiger partial charge in [0.25, 0.3) is 0 Å². The Balaban J connectivity index is 3.94. The van der Waals surface area contributed by atoms with Crippen LogP contribution < -0.4 is 5.73 Å². The summed E-state index contributed by atoms with van der Waals surface area (Å²) in [5.41, 5.74) is 5.12. The molecule has 0 aromatic rings. The van der Waals surface area contributed by atoms with Crippen LogP contribution in [0.1, 0.15) is 41.0 Å². The van der Waals surface area contributed by atoms with Crippen molar-refractivity contribution in [3.63, 3.8) is 0 Å². The minimum absolute atomic E-state index is 0.00908. The number of aliphatic hydroxyl groups is 1. The van der Waals surface area contributed by atoms with Gasteiger partial charge in [0.1, 0.15) is 0 Å². The smallest absolute Gasteiger partial charge is 0.0609 e. The Hall–Kier alpha value is -0.120. The van der Waals surface area contributed by atoms with E-state index in [1.807, 2.05) is 34.6 Å². The van der Waals surface area contributed by atoms with Crippen molar-refractivity contribution in [2.75, 3.05) is 6.61 Å². The molecule has 3 N–H and O–H groups in total. The van der Waals surface area contributed by atoms with Crippen LogP contribution in [0.4, 0.5) is 0 Å². The highest BCUT2D eigenvalue weighted by Gasteiger charge is 2.24. The molecular weight excluding hydrogens is 166 g/mol. The first kappa shape index (κ1) is 12.9. The Morgan fingerprint density at radius 2 is 1.77 bits per heavy atom. The Morgan fingerprint density at radius 1 is 1.31 bits per heavy atom. The zero-order chi connectivity index (χ0) is 10.7. The van der Waals surface area contributed by atoms with Crippen molar-refractivity contribution in [1.29, 1.82) is 0 Å². The molecule has 0 bridgehead atoms. The van der Waals surface area contributed by atoms with Crippen molar-refractivity contribution < 1.29 is 9.84 Å². The molecule has 0 amide bonds. The lowest BCUT2D eigenvalue weighted by molar-refractivity contribution is -0.0638. The molecule has 0 saturated carbocycles. The summed E-state index contributed by atoms with van der Waals surface area (Å²) >= 11 is 0. The zero-order valence-corrected chi connectivity index (χ0v) is 9.42. The summed E-state index contributed by atoms with van der Waals surface area (Å²) < 4.78 is 5.68. The average molecular weight is 189 g/mol. The third-order valence-corrected chi connectivity index (χ3v) is 1.67. The minimum atomic E-state index is -0.537. The van der Waals surface area contributed by atoms with Crippen LogP contribution in [0.15, 0.2) is 0 Å². The molecular formula is C10H23NO2. The SMILES string of the molecule is CC(CC(C)(N)CO)OC(C)(C)C. The summed E-state index contributed by atoms with van der Waals surface area (Å²) in [5.74, 6) is 0. The predicted octanol–water partition coefficient (Wildman–Crippen LogP) is 1.29. The monoisotopic (exact) mass is 189 g/mol. The standard InChI is InChI=1S/C10H23NO2/c1-8(13-9(2,3)4)6-10(5,11)7-12/h8,12H,6-7,11H2,1-5H3. The van der Waals surface area contributed by atoms with Gasteiger partial charge >= 0.3 is 0 Å². The van der Waals surface area contributed by atoms with E-state index in [-0.39, 0.29) is 18.3 Å². The van der Waals surface area contributed by atoms with Crippen LogP contribution in [0.5, 0.6) is 0 Å². The first-order valence-corrected chi connectivity index (χ1v) is 4.74. The van der Waals surface area contributed by atoms with Crippen molar-refractivity contribution in [1.82, 2.24) is 0 Å². The van der Waals surface area contributed by atoms with E-state index in [0.29, 0.717) is 6.42 Å². The Labute approximate surface area is 81.3 Å². The molecule has 3 nitrogen and oxygen atoms in total. The molecule has 0 aromatic carbocycles. The molecule has 80 valence electrons. The van der Waals surface area contributed by atoms with Crippen molar-refractivity contribution in [2.24, 2.45) is 5.73 Å². The summed E-state index contributed by atoms with van der Waals surface area (Å²) in [6, 6.07) is 0. The van der Waals surface area contributed by atoms with Crippen LogP contribution in [-0.4, -0.2) is 29.0 Å². The third-order valence-electron chi connectivity index (χ3n) is 1.67. The maximum absolute atomic E-state index is 8.96. The molecule has 0 aromatic heterocycles. The molecule has 0 aliphatic carbocycles. The van der Waals surface area contributed by atoms with Gasteiger partial charge in [-0.15, -0.1) is 0 Å². The van der Waals surface area contributed by atoms with Gasteiger partial charge < -0.3 is 15.6 Å². The van der Waals surface area contributed by atoms with Gasteiger partial charge in [-0.25, -0.2) is 0 Å². The van der Waals surface area contributed by atoms with Crippen molar-refractivity contribution in [2.45, 2.75) is 58.3 Å². The van der Waals surface area contributed by atoms with E-state index >= 15 is 0 Å². The van der Waals surface area contributed by atoms with Gasteiger partial charge in [0.15, 0.2) is 0 Å². The van der Waals surface area contributed by atoms with Gasteiger partial charge in [0, 0.05) is 5.54 Å². The van der Waals surface area contributed by atoms with E-state index in [0.717, 1.165) is 0 Å². The summed E-state index contributed by atoms with van der Waals surface area (Å²) in [5, 5.41) is 8.96. The highest BCUT2D eigenvalue weighted by Crippen LogP contribution is 2.17. The summed E-state index contributed by atoms with van der Waals surface area (Å²) in [4.78, 5) is 0. The van der Waals surface area contributed by atoms with E-state index in [2.05, 4.69) is 0 Å². The zero-order valence-electron chi connectivity index (χ0n) is 9.42. The molecule has 0 saturated heterocycles. The van der Waals surface area contributed by atoms with Crippen LogP contribution in [0.2, 0.25) is 0 Å². The molecule has 2 atom stereocenters. The van der Waals surface area contributed by atoms with Crippen LogP contribution in [0.25, 0.3) is 0 Å². The first-order valence-electron chi connectivity index (χ1n) is 4.74. The molecule has 0 fully saturated rings. The summed E-state index contributed by atoms with van der Waals surface area (Å²) in [6.45, 7) is 9.83. The van der Waals surface area contributed by atoms with E-state index in [1.165, 1.54) is 0 Å². The van der Waals surface area contributed by atoms with Crippen LogP contribution in [-0.2, 0) is 4.74 Å². The van der Waals surface area contributed by atoms with Crippen LogP contribution >= 0.6 is 0 Å². The molecule has 0 aliphatic rings. The van der Waals surface area contributed by atoms with Crippen molar-refractivity contribution in [3.05, 3.63) is 0 Å². The van der Waals surface area contributed by atoms with Crippen LogP contribution in [0, 0.1) is 0 Å². The second kappa shape index (κ2) is 4.40. The largest absolute Gasteiger partial charge is 0.394 e. The highest BCUT2D eigenvalue weighted by molar-refractivity contribution is 4.80. The minimum Gasteiger partial charge on any atom is -0.394 e. The second-order valence-corrected chi connectivity index (χ2v) is 5.06. The molecule has 0 radical (unpaired) electrons. The van der Waals surface area contributed by atoms with Gasteiger partial charge in [0.2, 0.25) is 0 Å². The van der Waals surface area contributed by atoms with Gasteiger partial charge in [-0.05, 0) is 41.0 Å². The third kappa shape index (κ3) is 6.99. The lowest BCUT2D eigenvalue weighted by Crippen LogP contribution is -2.44. The Bertz CT molecular complexity index is 149. The Kier molecular flexibility index (Phi) is 4.36. The van der Waals surface area contributed by atoms with E-state index in [9.17, 15) is 0 Å². The number of rotatable bonds is 4. The molecule has 0 rings (SSSR count). The maximum atomic E-state index is 8.96. The molecule has 3 heteroatoms. The van der Waals surface area contributed by atoms with Crippen LogP contribution in [0.3, 0.4) is 0 Å². The van der Waals surface area contributed by atoms with E-state index < -0.39 is 5.54 Å². The molecule has 2 unspecified atom stereocenters. The fourth-order valence-corrected chi connectivity index (χ4v) is 1.37. The topological polar surface area (TPSA) is 55.5 Å². The van der Waals surface area contributed by atoms with E-state index in [4.69, 9.17) is 15.6 Å². The normalized spacial score (nSPS) is 19.6. The highest BCUT2D eigenvalue weighted by atomic mass is 16.5. The van der Waals surface area contributed by atoms with Gasteiger partial charge in [0.05, 0.1) is 18.3 Å². The molecule has 13 heavy (non-hydrogen) atoms. The second-order valence-electron chi connectivity index (χ2n) is 5.06. The first-order chi connectivity index (χ1) is 5.66. The fraction of sp³-hybridized carbons (Fsp3) is 1.00. The molecule has 0 heterocycles. The molecule has 0 aliphatic heterocycles. The number of hydrogen-bond acceptors (Lipinski definition) is 3. The van der Waals surface area contributed by atoms with Crippen molar-refractivity contribution >= 4 is 0 Å². The van der Waals surface area contributed by atoms with Gasteiger partial charge in [-0.2, -0.15) is 0 Å². The number of ether oxygens (including phenoxy) is 1. The number of nitrogens with two attached hydrogens (primary N) is 1.